The van der Waals surface area contributed by atoms with Crippen molar-refractivity contribution in [1.29, 1.82) is 0 Å². The maximum absolute atomic E-state index is 4.65. The molecule has 0 aliphatic heterocycles. The first-order valence-corrected chi connectivity index (χ1v) is 8.28. The van der Waals surface area contributed by atoms with E-state index in [1.165, 1.54) is 9.58 Å². The van der Waals surface area contributed by atoms with Gasteiger partial charge in [-0.15, -0.1) is 22.7 Å². The van der Waals surface area contributed by atoms with Crippen molar-refractivity contribution in [2.45, 2.75) is 33.4 Å². The molecule has 3 aromatic rings. The van der Waals surface area contributed by atoms with Gasteiger partial charge in [-0.1, -0.05) is 12.1 Å². The third-order valence-electron chi connectivity index (χ3n) is 3.23. The van der Waals surface area contributed by atoms with Crippen LogP contribution in [0.4, 0.5) is 0 Å². The summed E-state index contributed by atoms with van der Waals surface area (Å²) >= 11 is 3.53. The fraction of sp³-hybridized carbons (Fsp3) is 0.333. The first kappa shape index (κ1) is 13.7. The van der Waals surface area contributed by atoms with E-state index in [0.717, 1.165) is 27.8 Å². The molecule has 0 radical (unpaired) electrons. The molecule has 3 nitrogen and oxygen atoms in total. The van der Waals surface area contributed by atoms with E-state index >= 15 is 0 Å². The van der Waals surface area contributed by atoms with Crippen LogP contribution >= 0.6 is 22.7 Å². The van der Waals surface area contributed by atoms with Crippen LogP contribution in [0.2, 0.25) is 0 Å². The molecule has 0 saturated heterocycles. The zero-order valence-corrected chi connectivity index (χ0v) is 13.4. The highest BCUT2D eigenvalue weighted by atomic mass is 32.1. The van der Waals surface area contributed by atoms with Crippen molar-refractivity contribution in [2.24, 2.45) is 0 Å². The van der Waals surface area contributed by atoms with E-state index in [2.05, 4.69) is 54.3 Å². The minimum absolute atomic E-state index is 0.313. The second-order valence-electron chi connectivity index (χ2n) is 4.86. The van der Waals surface area contributed by atoms with Crippen molar-refractivity contribution >= 4 is 32.9 Å². The molecule has 1 aromatic carbocycles. The van der Waals surface area contributed by atoms with Crippen LogP contribution in [0.1, 0.15) is 33.6 Å². The van der Waals surface area contributed by atoms with Crippen LogP contribution in [-0.2, 0) is 6.54 Å². The Morgan fingerprint density at radius 2 is 1.95 bits per heavy atom. The second-order valence-corrected chi connectivity index (χ2v) is 7.21. The van der Waals surface area contributed by atoms with Crippen molar-refractivity contribution < 1.29 is 0 Å². The smallest absolute Gasteiger partial charge is 0.108 e. The molecule has 0 fully saturated rings. The average molecular weight is 303 g/mol. The van der Waals surface area contributed by atoms with E-state index < -0.39 is 0 Å². The highest BCUT2D eigenvalue weighted by Gasteiger charge is 2.13. The van der Waals surface area contributed by atoms with Crippen LogP contribution < -0.4 is 5.32 Å². The number of aromatic nitrogens is 2. The normalized spacial score (nSPS) is 12.9. The number of hydrogen-bond donors (Lipinski definition) is 1. The summed E-state index contributed by atoms with van der Waals surface area (Å²) in [5.41, 5.74) is 2.23. The van der Waals surface area contributed by atoms with Gasteiger partial charge in [-0.2, -0.15) is 0 Å². The standard InChI is InChI=1S/C15H17N3S2/c1-9(15-10(2)17-11(3)19-15)16-8-14-18-12-6-4-5-7-13(12)20-14/h4-7,9,16H,8H2,1-3H3. The van der Waals surface area contributed by atoms with Gasteiger partial charge in [-0.25, -0.2) is 9.97 Å². The first-order chi connectivity index (χ1) is 9.63. The highest BCUT2D eigenvalue weighted by Crippen LogP contribution is 2.26. The van der Waals surface area contributed by atoms with Gasteiger partial charge in [0, 0.05) is 17.5 Å². The summed E-state index contributed by atoms with van der Waals surface area (Å²) in [6.45, 7) is 7.13. The molecular weight excluding hydrogens is 286 g/mol. The monoisotopic (exact) mass is 303 g/mol. The molecule has 0 aliphatic rings. The number of nitrogens with one attached hydrogen (secondary N) is 1. The largest absolute Gasteiger partial charge is 0.303 e. The van der Waals surface area contributed by atoms with Crippen molar-refractivity contribution in [3.05, 3.63) is 44.9 Å². The molecule has 1 N–H and O–H groups in total. The lowest BCUT2D eigenvalue weighted by atomic mass is 10.2. The van der Waals surface area contributed by atoms with Gasteiger partial charge < -0.3 is 5.32 Å². The van der Waals surface area contributed by atoms with Crippen LogP contribution in [0.3, 0.4) is 0 Å². The van der Waals surface area contributed by atoms with Crippen molar-refractivity contribution in [2.75, 3.05) is 0 Å². The Kier molecular flexibility index (Phi) is 3.83. The molecule has 20 heavy (non-hydrogen) atoms. The Labute approximate surface area is 126 Å². The fourth-order valence-corrected chi connectivity index (χ4v) is 4.15. The topological polar surface area (TPSA) is 37.8 Å². The Morgan fingerprint density at radius 3 is 2.65 bits per heavy atom. The van der Waals surface area contributed by atoms with Crippen molar-refractivity contribution in [1.82, 2.24) is 15.3 Å². The maximum atomic E-state index is 4.65. The van der Waals surface area contributed by atoms with Gasteiger partial charge in [-0.3, -0.25) is 0 Å². The molecule has 104 valence electrons. The van der Waals surface area contributed by atoms with Gasteiger partial charge in [0.1, 0.15) is 5.01 Å². The number of aryl methyl sites for hydroxylation is 2. The van der Waals surface area contributed by atoms with Gasteiger partial charge in [-0.05, 0) is 32.9 Å². The molecule has 3 rings (SSSR count). The summed E-state index contributed by atoms with van der Waals surface area (Å²) in [5, 5.41) is 5.82. The predicted octanol–water partition coefficient (Wildman–Crippen LogP) is 4.22. The highest BCUT2D eigenvalue weighted by molar-refractivity contribution is 7.18. The van der Waals surface area contributed by atoms with Gasteiger partial charge in [0.2, 0.25) is 0 Å². The zero-order valence-electron chi connectivity index (χ0n) is 11.8. The minimum atomic E-state index is 0.313. The molecule has 2 aromatic heterocycles. The Bertz CT molecular complexity index is 697. The zero-order chi connectivity index (χ0) is 14.1. The quantitative estimate of drug-likeness (QED) is 0.784. The summed E-state index contributed by atoms with van der Waals surface area (Å²) in [4.78, 5) is 10.5. The van der Waals surface area contributed by atoms with Crippen LogP contribution in [0.25, 0.3) is 10.2 Å². The lowest BCUT2D eigenvalue weighted by Crippen LogP contribution is -2.17. The average Bonchev–Trinajstić information content (AvgIpc) is 2.98. The van der Waals surface area contributed by atoms with E-state index in [1.807, 2.05) is 6.07 Å². The molecule has 1 atom stereocenters. The predicted molar refractivity (Wildman–Crippen MR) is 86.5 cm³/mol. The third-order valence-corrected chi connectivity index (χ3v) is 5.52. The SMILES string of the molecule is Cc1nc(C)c(C(C)NCc2nc3ccccc3s2)s1. The number of nitrogens with zero attached hydrogens (tertiary/aromatic N) is 2. The molecule has 2 heterocycles. The molecule has 1 unspecified atom stereocenters. The summed E-state index contributed by atoms with van der Waals surface area (Å²) in [6.07, 6.45) is 0. The summed E-state index contributed by atoms with van der Waals surface area (Å²) in [7, 11) is 0. The number of para-hydroxylation sites is 1. The van der Waals surface area contributed by atoms with Crippen LogP contribution in [0.15, 0.2) is 24.3 Å². The second kappa shape index (κ2) is 5.60. The molecule has 5 heteroatoms. The van der Waals surface area contributed by atoms with Gasteiger partial charge >= 0.3 is 0 Å². The minimum Gasteiger partial charge on any atom is -0.303 e. The molecule has 0 spiro atoms. The van der Waals surface area contributed by atoms with Gasteiger partial charge in [0.25, 0.3) is 0 Å². The fourth-order valence-electron chi connectivity index (χ4n) is 2.28. The number of benzene rings is 1. The lowest BCUT2D eigenvalue weighted by Gasteiger charge is -2.11. The van der Waals surface area contributed by atoms with E-state index in [-0.39, 0.29) is 0 Å². The number of rotatable bonds is 4. The Morgan fingerprint density at radius 1 is 1.15 bits per heavy atom. The van der Waals surface area contributed by atoms with Crippen molar-refractivity contribution in [3.63, 3.8) is 0 Å². The number of hydrogen-bond acceptors (Lipinski definition) is 5. The molecule has 0 bridgehead atoms. The first-order valence-electron chi connectivity index (χ1n) is 6.65. The van der Waals surface area contributed by atoms with E-state index in [0.29, 0.717) is 6.04 Å². The molecule has 0 aliphatic carbocycles. The molecular formula is C15H17N3S2. The number of fused-ring (bicyclic) bond motifs is 1. The van der Waals surface area contributed by atoms with Crippen LogP contribution in [0.5, 0.6) is 0 Å². The van der Waals surface area contributed by atoms with Crippen LogP contribution in [0, 0.1) is 13.8 Å². The van der Waals surface area contributed by atoms with Crippen LogP contribution in [-0.4, -0.2) is 9.97 Å². The van der Waals surface area contributed by atoms with Gasteiger partial charge in [0.15, 0.2) is 0 Å². The van der Waals surface area contributed by atoms with E-state index in [9.17, 15) is 0 Å². The molecule has 0 amide bonds. The van der Waals surface area contributed by atoms with E-state index in [4.69, 9.17) is 0 Å². The Balaban J connectivity index is 1.71. The third kappa shape index (κ3) is 2.75. The summed E-state index contributed by atoms with van der Waals surface area (Å²) in [5.74, 6) is 0. The summed E-state index contributed by atoms with van der Waals surface area (Å²) in [6, 6.07) is 8.59. The number of thiazole rings is 2. The lowest BCUT2D eigenvalue weighted by molar-refractivity contribution is 0.578. The molecule has 0 saturated carbocycles. The Hall–Kier alpha value is -1.30. The summed E-state index contributed by atoms with van der Waals surface area (Å²) < 4.78 is 1.25. The van der Waals surface area contributed by atoms with Gasteiger partial charge in [0.05, 0.1) is 20.9 Å². The van der Waals surface area contributed by atoms with E-state index in [1.54, 1.807) is 22.7 Å². The van der Waals surface area contributed by atoms with Crippen molar-refractivity contribution in [3.8, 4) is 0 Å². The maximum Gasteiger partial charge on any atom is 0.108 e.